The molecule has 2 aromatic heterocycles. The van der Waals surface area contributed by atoms with Crippen LogP contribution in [0.15, 0.2) is 22.9 Å². The molecule has 0 unspecified atom stereocenters. The van der Waals surface area contributed by atoms with Gasteiger partial charge in [-0.2, -0.15) is 4.98 Å². The van der Waals surface area contributed by atoms with Gasteiger partial charge >= 0.3 is 0 Å². The zero-order valence-electron chi connectivity index (χ0n) is 10.7. The summed E-state index contributed by atoms with van der Waals surface area (Å²) in [5.41, 5.74) is 0.727. The number of pyridine rings is 1. The standard InChI is InChI=1S/C12H13FN4O2.ClH/c1-18-10-3-2-7(5-15-10)11-16-12(19-17-11)9-4-8(13)6-14-9;/h2-3,5,8-9,14H,4,6H2,1H3;1H/t8-,9+;/m0./s1. The van der Waals surface area contributed by atoms with E-state index in [2.05, 4.69) is 20.4 Å². The van der Waals surface area contributed by atoms with E-state index >= 15 is 0 Å². The molecule has 0 aliphatic carbocycles. The molecule has 2 atom stereocenters. The molecule has 0 saturated carbocycles. The molecule has 3 rings (SSSR count). The fourth-order valence-corrected chi connectivity index (χ4v) is 2.01. The first-order chi connectivity index (χ1) is 9.26. The molecule has 0 spiro atoms. The van der Waals surface area contributed by atoms with Crippen molar-refractivity contribution >= 4 is 12.4 Å². The molecule has 0 radical (unpaired) electrons. The van der Waals surface area contributed by atoms with Crippen molar-refractivity contribution in [3.63, 3.8) is 0 Å². The lowest BCUT2D eigenvalue weighted by atomic mass is 10.2. The Hall–Kier alpha value is -1.73. The number of ether oxygens (including phenoxy) is 1. The maximum Gasteiger partial charge on any atom is 0.244 e. The molecule has 1 aliphatic heterocycles. The van der Waals surface area contributed by atoms with E-state index in [4.69, 9.17) is 9.26 Å². The van der Waals surface area contributed by atoms with Crippen molar-refractivity contribution in [3.05, 3.63) is 24.2 Å². The molecule has 1 saturated heterocycles. The third-order valence-corrected chi connectivity index (χ3v) is 3.02. The summed E-state index contributed by atoms with van der Waals surface area (Å²) < 4.78 is 23.2. The van der Waals surface area contributed by atoms with E-state index < -0.39 is 6.17 Å². The third-order valence-electron chi connectivity index (χ3n) is 3.02. The van der Waals surface area contributed by atoms with Crippen LogP contribution in [0.25, 0.3) is 11.4 Å². The number of nitrogens with zero attached hydrogens (tertiary/aromatic N) is 3. The van der Waals surface area contributed by atoms with E-state index in [1.807, 2.05) is 0 Å². The molecule has 8 heteroatoms. The van der Waals surface area contributed by atoms with Crippen LogP contribution in [0, 0.1) is 0 Å². The molecule has 1 fully saturated rings. The average Bonchev–Trinajstić information content (AvgIpc) is 3.07. The number of rotatable bonds is 3. The minimum Gasteiger partial charge on any atom is -0.481 e. The Balaban J connectivity index is 0.00000147. The predicted octanol–water partition coefficient (Wildman–Crippen LogP) is 1.93. The molecule has 6 nitrogen and oxygen atoms in total. The summed E-state index contributed by atoms with van der Waals surface area (Å²) in [5.74, 6) is 1.37. The van der Waals surface area contributed by atoms with Gasteiger partial charge in [0.1, 0.15) is 6.17 Å². The first kappa shape index (κ1) is 14.7. The van der Waals surface area contributed by atoms with E-state index in [1.165, 1.54) is 0 Å². The molecule has 1 aliphatic rings. The maximum absolute atomic E-state index is 13.1. The summed E-state index contributed by atoms with van der Waals surface area (Å²) in [6, 6.07) is 3.31. The number of alkyl halides is 1. The van der Waals surface area contributed by atoms with Crippen LogP contribution in [0.5, 0.6) is 5.88 Å². The fraction of sp³-hybridized carbons (Fsp3) is 0.417. The second-order valence-corrected chi connectivity index (χ2v) is 4.34. The van der Waals surface area contributed by atoms with Gasteiger partial charge in [-0.3, -0.25) is 0 Å². The van der Waals surface area contributed by atoms with Gasteiger partial charge in [0.2, 0.25) is 17.6 Å². The van der Waals surface area contributed by atoms with E-state index in [0.29, 0.717) is 30.6 Å². The SMILES string of the molecule is COc1ccc(-c2noc([C@H]3C[C@H](F)CN3)n2)cn1.Cl. The summed E-state index contributed by atoms with van der Waals surface area (Å²) in [6.45, 7) is 0.326. The summed E-state index contributed by atoms with van der Waals surface area (Å²) in [5, 5.41) is 6.88. The van der Waals surface area contributed by atoms with E-state index in [9.17, 15) is 4.39 Å². The van der Waals surface area contributed by atoms with E-state index in [1.54, 1.807) is 25.4 Å². The van der Waals surface area contributed by atoms with Crippen LogP contribution in [-0.4, -0.2) is 35.0 Å². The first-order valence-electron chi connectivity index (χ1n) is 5.97. The van der Waals surface area contributed by atoms with Crippen molar-refractivity contribution in [1.29, 1.82) is 0 Å². The number of methoxy groups -OCH3 is 1. The van der Waals surface area contributed by atoms with Gasteiger partial charge < -0.3 is 14.6 Å². The Morgan fingerprint density at radius 2 is 2.30 bits per heavy atom. The highest BCUT2D eigenvalue weighted by Gasteiger charge is 2.29. The second kappa shape index (κ2) is 6.15. The number of halogens is 2. The minimum atomic E-state index is -0.858. The minimum absolute atomic E-state index is 0. The predicted molar refractivity (Wildman–Crippen MR) is 71.6 cm³/mol. The van der Waals surface area contributed by atoms with Gasteiger partial charge in [0.05, 0.1) is 13.2 Å². The van der Waals surface area contributed by atoms with Gasteiger partial charge in [0, 0.05) is 30.8 Å². The number of hydrogen-bond acceptors (Lipinski definition) is 6. The summed E-state index contributed by atoms with van der Waals surface area (Å²) in [4.78, 5) is 8.34. The Kier molecular flexibility index (Phi) is 4.51. The topological polar surface area (TPSA) is 73.1 Å². The monoisotopic (exact) mass is 300 g/mol. The molecule has 0 amide bonds. The van der Waals surface area contributed by atoms with Gasteiger partial charge in [-0.1, -0.05) is 5.16 Å². The van der Waals surface area contributed by atoms with Crippen LogP contribution in [0.3, 0.4) is 0 Å². The number of aromatic nitrogens is 3. The number of nitrogens with one attached hydrogen (secondary N) is 1. The van der Waals surface area contributed by atoms with Gasteiger partial charge in [-0.25, -0.2) is 9.37 Å². The van der Waals surface area contributed by atoms with Gasteiger partial charge in [-0.05, 0) is 6.07 Å². The molecule has 1 N–H and O–H groups in total. The lowest BCUT2D eigenvalue weighted by molar-refractivity contribution is 0.324. The Labute approximate surface area is 121 Å². The lowest BCUT2D eigenvalue weighted by Crippen LogP contribution is -2.14. The van der Waals surface area contributed by atoms with Gasteiger partial charge in [0.25, 0.3) is 0 Å². The molecular formula is C12H14ClFN4O2. The van der Waals surface area contributed by atoms with Crippen molar-refractivity contribution in [3.8, 4) is 17.3 Å². The van der Waals surface area contributed by atoms with E-state index in [0.717, 1.165) is 5.56 Å². The van der Waals surface area contributed by atoms with Crippen LogP contribution < -0.4 is 10.1 Å². The molecule has 0 aromatic carbocycles. The quantitative estimate of drug-likeness (QED) is 0.934. The van der Waals surface area contributed by atoms with Crippen LogP contribution in [0.1, 0.15) is 18.4 Å². The zero-order chi connectivity index (χ0) is 13.2. The van der Waals surface area contributed by atoms with Crippen molar-refractivity contribution in [2.24, 2.45) is 0 Å². The Morgan fingerprint density at radius 3 is 2.90 bits per heavy atom. The normalized spacial score (nSPS) is 21.5. The molecule has 108 valence electrons. The second-order valence-electron chi connectivity index (χ2n) is 4.34. The average molecular weight is 301 g/mol. The molecule has 3 heterocycles. The largest absolute Gasteiger partial charge is 0.481 e. The van der Waals surface area contributed by atoms with E-state index in [-0.39, 0.29) is 18.4 Å². The first-order valence-corrected chi connectivity index (χ1v) is 5.97. The summed E-state index contributed by atoms with van der Waals surface area (Å²) in [7, 11) is 1.55. The van der Waals surface area contributed by atoms with Gasteiger partial charge in [0.15, 0.2) is 0 Å². The van der Waals surface area contributed by atoms with Crippen molar-refractivity contribution < 1.29 is 13.7 Å². The fourth-order valence-electron chi connectivity index (χ4n) is 2.01. The highest BCUT2D eigenvalue weighted by atomic mass is 35.5. The Bertz CT molecular complexity index is 563. The molecular weight excluding hydrogens is 287 g/mol. The number of hydrogen-bond donors (Lipinski definition) is 1. The lowest BCUT2D eigenvalue weighted by Gasteiger charge is -2.01. The maximum atomic E-state index is 13.1. The van der Waals surface area contributed by atoms with Gasteiger partial charge in [-0.15, -0.1) is 12.4 Å². The van der Waals surface area contributed by atoms with Crippen LogP contribution in [0.4, 0.5) is 4.39 Å². The molecule has 2 aromatic rings. The van der Waals surface area contributed by atoms with Crippen molar-refractivity contribution in [2.75, 3.05) is 13.7 Å². The highest BCUT2D eigenvalue weighted by molar-refractivity contribution is 5.85. The zero-order valence-corrected chi connectivity index (χ0v) is 11.6. The van der Waals surface area contributed by atoms with Crippen molar-refractivity contribution in [2.45, 2.75) is 18.6 Å². The third kappa shape index (κ3) is 2.88. The van der Waals surface area contributed by atoms with Crippen LogP contribution in [0.2, 0.25) is 0 Å². The summed E-state index contributed by atoms with van der Waals surface area (Å²) >= 11 is 0. The van der Waals surface area contributed by atoms with Crippen LogP contribution in [-0.2, 0) is 0 Å². The van der Waals surface area contributed by atoms with Crippen molar-refractivity contribution in [1.82, 2.24) is 20.4 Å². The molecule has 20 heavy (non-hydrogen) atoms. The van der Waals surface area contributed by atoms with Crippen LogP contribution >= 0.6 is 12.4 Å². The smallest absolute Gasteiger partial charge is 0.244 e. The Morgan fingerprint density at radius 1 is 1.45 bits per heavy atom. The molecule has 0 bridgehead atoms. The summed E-state index contributed by atoms with van der Waals surface area (Å²) in [6.07, 6.45) is 1.11. The highest BCUT2D eigenvalue weighted by Crippen LogP contribution is 2.25.